The average Bonchev–Trinajstić information content (AvgIpc) is 2.65. The minimum absolute atomic E-state index is 0.0270. The van der Waals surface area contributed by atoms with E-state index in [0.717, 1.165) is 35.7 Å². The van der Waals surface area contributed by atoms with Crippen LogP contribution in [0.15, 0.2) is 41.3 Å². The molecule has 0 unspecified atom stereocenters. The van der Waals surface area contributed by atoms with Gasteiger partial charge in [0.1, 0.15) is 10.8 Å². The van der Waals surface area contributed by atoms with Crippen LogP contribution in [0.5, 0.6) is 5.75 Å². The molecule has 7 nitrogen and oxygen atoms in total. The summed E-state index contributed by atoms with van der Waals surface area (Å²) in [5, 5.41) is 31.5. The number of piperidine rings is 1. The number of thioether (sulfide) groups is 1. The first-order valence-corrected chi connectivity index (χ1v) is 11.1. The standard InChI is InChI=1S/C23H31N5O2S/c1-22(2)11-16(12-23(3,4)27-22)28(5)21(25)31-20(24)17-8-6-14(10-18(17)29)15-7-9-19(30)26-13-15/h6-10,13,16,24-25,27,29H,11-12H2,1-5H3,(H,26,30). The van der Waals surface area contributed by atoms with Crippen LogP contribution >= 0.6 is 11.8 Å². The van der Waals surface area contributed by atoms with Crippen molar-refractivity contribution in [1.29, 1.82) is 10.8 Å². The van der Waals surface area contributed by atoms with Crippen LogP contribution in [-0.2, 0) is 0 Å². The van der Waals surface area contributed by atoms with E-state index in [9.17, 15) is 9.90 Å². The number of H-pyrrole nitrogens is 1. The largest absolute Gasteiger partial charge is 0.507 e. The van der Waals surface area contributed by atoms with Crippen LogP contribution in [0.4, 0.5) is 0 Å². The molecular weight excluding hydrogens is 410 g/mol. The average molecular weight is 442 g/mol. The summed E-state index contributed by atoms with van der Waals surface area (Å²) in [7, 11) is 1.91. The molecule has 2 heterocycles. The number of hydrogen-bond acceptors (Lipinski definition) is 6. The summed E-state index contributed by atoms with van der Waals surface area (Å²) in [4.78, 5) is 15.8. The van der Waals surface area contributed by atoms with Gasteiger partial charge in [-0.1, -0.05) is 6.07 Å². The summed E-state index contributed by atoms with van der Waals surface area (Å²) < 4.78 is 0. The lowest BCUT2D eigenvalue weighted by Crippen LogP contribution is -2.62. The van der Waals surface area contributed by atoms with Gasteiger partial charge in [-0.25, -0.2) is 0 Å². The maximum Gasteiger partial charge on any atom is 0.247 e. The van der Waals surface area contributed by atoms with Crippen LogP contribution in [-0.4, -0.2) is 49.4 Å². The van der Waals surface area contributed by atoms with E-state index in [1.165, 1.54) is 6.07 Å². The topological polar surface area (TPSA) is 116 Å². The van der Waals surface area contributed by atoms with Gasteiger partial charge < -0.3 is 20.3 Å². The molecule has 0 spiro atoms. The number of hydrogen-bond donors (Lipinski definition) is 5. The summed E-state index contributed by atoms with van der Waals surface area (Å²) in [6.45, 7) is 8.70. The quantitative estimate of drug-likeness (QED) is 0.365. The SMILES string of the molecule is CN(C(=N)SC(=N)c1ccc(-c2ccc(=O)[nH]c2)cc1O)C1CC(C)(C)NC(C)(C)C1. The normalized spacial score (nSPS) is 17.8. The van der Waals surface area contributed by atoms with Gasteiger partial charge in [0.2, 0.25) is 5.56 Å². The highest BCUT2D eigenvalue weighted by Gasteiger charge is 2.39. The Hall–Kier alpha value is -2.58. The molecule has 1 fully saturated rings. The Kier molecular flexibility index (Phi) is 6.34. The van der Waals surface area contributed by atoms with Crippen molar-refractivity contribution in [2.45, 2.75) is 57.7 Å². The summed E-state index contributed by atoms with van der Waals surface area (Å²) in [6.07, 6.45) is 3.40. The van der Waals surface area contributed by atoms with Gasteiger partial charge >= 0.3 is 0 Å². The predicted octanol–water partition coefficient (Wildman–Crippen LogP) is 3.98. The minimum Gasteiger partial charge on any atom is -0.507 e. The van der Waals surface area contributed by atoms with E-state index < -0.39 is 0 Å². The summed E-state index contributed by atoms with van der Waals surface area (Å²) in [5.74, 6) is -0.0270. The maximum absolute atomic E-state index is 11.2. The molecule has 8 heteroatoms. The third kappa shape index (κ3) is 5.57. The Morgan fingerprint density at radius 3 is 2.26 bits per heavy atom. The summed E-state index contributed by atoms with van der Waals surface area (Å²) >= 11 is 1.04. The monoisotopic (exact) mass is 441 g/mol. The van der Waals surface area contributed by atoms with E-state index in [4.69, 9.17) is 10.8 Å². The molecule has 1 aliphatic heterocycles. The molecule has 3 rings (SSSR count). The van der Waals surface area contributed by atoms with Crippen molar-refractivity contribution in [3.8, 4) is 16.9 Å². The van der Waals surface area contributed by atoms with Gasteiger partial charge in [0, 0.05) is 42.0 Å². The number of nitrogens with one attached hydrogen (secondary N) is 4. The molecule has 5 N–H and O–H groups in total. The van der Waals surface area contributed by atoms with E-state index >= 15 is 0 Å². The Labute approximate surface area is 187 Å². The number of amidine groups is 1. The Balaban J connectivity index is 1.71. The molecule has 0 amide bonds. The van der Waals surface area contributed by atoms with Crippen LogP contribution in [0.1, 0.15) is 46.1 Å². The minimum atomic E-state index is -0.189. The maximum atomic E-state index is 11.2. The number of nitrogens with zero attached hydrogens (tertiary/aromatic N) is 1. The molecule has 0 radical (unpaired) electrons. The number of benzene rings is 1. The highest BCUT2D eigenvalue weighted by molar-refractivity contribution is 8.26. The van der Waals surface area contributed by atoms with E-state index in [1.807, 2.05) is 11.9 Å². The second-order valence-corrected chi connectivity index (χ2v) is 10.5. The fourth-order valence-corrected chi connectivity index (χ4v) is 5.19. The van der Waals surface area contributed by atoms with E-state index in [0.29, 0.717) is 5.56 Å². The van der Waals surface area contributed by atoms with Crippen molar-refractivity contribution >= 4 is 22.0 Å². The molecule has 0 saturated carbocycles. The van der Waals surface area contributed by atoms with Crippen LogP contribution in [0.3, 0.4) is 0 Å². The van der Waals surface area contributed by atoms with Gasteiger partial charge in [0.15, 0.2) is 5.17 Å². The lowest BCUT2D eigenvalue weighted by Gasteiger charge is -2.49. The lowest BCUT2D eigenvalue weighted by atomic mass is 9.79. The number of aromatic hydroxyl groups is 1. The molecule has 0 aliphatic carbocycles. The van der Waals surface area contributed by atoms with Gasteiger partial charge in [-0.3, -0.25) is 15.6 Å². The third-order valence-electron chi connectivity index (χ3n) is 5.60. The number of pyridine rings is 1. The molecule has 0 atom stereocenters. The Morgan fingerprint density at radius 1 is 1.10 bits per heavy atom. The van der Waals surface area contributed by atoms with Gasteiger partial charge in [0.25, 0.3) is 0 Å². The molecule has 1 aromatic carbocycles. The van der Waals surface area contributed by atoms with Crippen LogP contribution < -0.4 is 10.9 Å². The number of rotatable bonds is 3. The van der Waals surface area contributed by atoms with Crippen LogP contribution in [0, 0.1) is 10.8 Å². The van der Waals surface area contributed by atoms with Crippen molar-refractivity contribution in [3.05, 3.63) is 52.4 Å². The summed E-state index contributed by atoms with van der Waals surface area (Å²) in [5.41, 5.74) is 1.63. The van der Waals surface area contributed by atoms with Crippen LogP contribution in [0.2, 0.25) is 0 Å². The van der Waals surface area contributed by atoms with E-state index in [-0.39, 0.29) is 38.6 Å². The summed E-state index contributed by atoms with van der Waals surface area (Å²) in [6, 6.07) is 8.34. The fourth-order valence-electron chi connectivity index (χ4n) is 4.43. The van der Waals surface area contributed by atoms with Gasteiger partial charge in [-0.05, 0) is 81.6 Å². The third-order valence-corrected chi connectivity index (χ3v) is 6.50. The number of phenolic OH excluding ortho intramolecular Hbond substituents is 1. The van der Waals surface area contributed by atoms with Crippen molar-refractivity contribution in [2.24, 2.45) is 0 Å². The fraction of sp³-hybridized carbons (Fsp3) is 0.435. The second kappa shape index (κ2) is 8.51. The zero-order valence-electron chi connectivity index (χ0n) is 18.7. The van der Waals surface area contributed by atoms with Crippen molar-refractivity contribution in [3.63, 3.8) is 0 Å². The molecule has 2 aromatic rings. The Morgan fingerprint density at radius 2 is 1.71 bits per heavy atom. The predicted molar refractivity (Wildman–Crippen MR) is 128 cm³/mol. The molecule has 1 saturated heterocycles. The van der Waals surface area contributed by atoms with Gasteiger partial charge in [0.05, 0.1) is 0 Å². The number of aromatic amines is 1. The Bertz CT molecular complexity index is 1020. The lowest BCUT2D eigenvalue weighted by molar-refractivity contribution is 0.114. The molecule has 166 valence electrons. The first-order valence-electron chi connectivity index (χ1n) is 10.3. The van der Waals surface area contributed by atoms with Gasteiger partial charge in [-0.15, -0.1) is 0 Å². The molecule has 31 heavy (non-hydrogen) atoms. The van der Waals surface area contributed by atoms with E-state index in [2.05, 4.69) is 38.0 Å². The van der Waals surface area contributed by atoms with Crippen LogP contribution in [0.25, 0.3) is 11.1 Å². The number of phenols is 1. The van der Waals surface area contributed by atoms with Crippen molar-refractivity contribution in [2.75, 3.05) is 7.05 Å². The van der Waals surface area contributed by atoms with Crippen molar-refractivity contribution in [1.82, 2.24) is 15.2 Å². The molecular formula is C23H31N5O2S. The first kappa shape index (κ1) is 23.1. The molecule has 0 bridgehead atoms. The van der Waals surface area contributed by atoms with Gasteiger partial charge in [-0.2, -0.15) is 0 Å². The zero-order chi connectivity index (χ0) is 23.0. The van der Waals surface area contributed by atoms with Crippen molar-refractivity contribution < 1.29 is 5.11 Å². The molecule has 1 aromatic heterocycles. The second-order valence-electron chi connectivity index (χ2n) is 9.48. The van der Waals surface area contributed by atoms with E-state index in [1.54, 1.807) is 30.5 Å². The highest BCUT2D eigenvalue weighted by atomic mass is 32.2. The zero-order valence-corrected chi connectivity index (χ0v) is 19.5. The molecule has 1 aliphatic rings. The smallest absolute Gasteiger partial charge is 0.247 e. The highest BCUT2D eigenvalue weighted by Crippen LogP contribution is 2.33. The number of aromatic nitrogens is 1. The first-order chi connectivity index (χ1) is 14.4.